The van der Waals surface area contributed by atoms with Crippen molar-refractivity contribution in [1.82, 2.24) is 10.2 Å². The van der Waals surface area contributed by atoms with E-state index in [0.29, 0.717) is 0 Å². The van der Waals surface area contributed by atoms with Gasteiger partial charge in [-0.25, -0.2) is 4.39 Å². The van der Waals surface area contributed by atoms with Crippen molar-refractivity contribution in [3.8, 4) is 0 Å². The highest BCUT2D eigenvalue weighted by Gasteiger charge is 2.33. The molecule has 5 heteroatoms. The lowest BCUT2D eigenvalue weighted by Crippen LogP contribution is -2.48. The van der Waals surface area contributed by atoms with E-state index in [2.05, 4.69) is 46.9 Å². The molecule has 1 atom stereocenters. The lowest BCUT2D eigenvalue weighted by Gasteiger charge is -2.43. The van der Waals surface area contributed by atoms with Gasteiger partial charge in [0.15, 0.2) is 0 Å². The largest absolute Gasteiger partial charge is 0.314 e. The first kappa shape index (κ1) is 17.9. The molecule has 0 aliphatic carbocycles. The number of hydrogen-bond acceptors (Lipinski definition) is 2. The Morgan fingerprint density at radius 2 is 1.85 bits per heavy atom. The Hall–Kier alpha value is -0.160. The molecular weight excluding hydrogens is 343 g/mol. The Morgan fingerprint density at radius 1 is 1.25 bits per heavy atom. The van der Waals surface area contributed by atoms with E-state index in [4.69, 9.17) is 0 Å². The highest BCUT2D eigenvalue weighted by Crippen LogP contribution is 2.41. The second-order valence-electron chi connectivity index (χ2n) is 6.22. The van der Waals surface area contributed by atoms with Crippen LogP contribution in [0.2, 0.25) is 0 Å². The van der Waals surface area contributed by atoms with Gasteiger partial charge < -0.3 is 5.32 Å². The number of nitrogens with one attached hydrogen (secondary N) is 1. The first-order valence-corrected chi connectivity index (χ1v) is 7.58. The van der Waals surface area contributed by atoms with Gasteiger partial charge in [-0.2, -0.15) is 0 Å². The van der Waals surface area contributed by atoms with Crippen LogP contribution in [-0.4, -0.2) is 31.1 Å². The molecular formula is C15H23BrClFN2. The summed E-state index contributed by atoms with van der Waals surface area (Å²) in [5.41, 5.74) is 1.11. The molecule has 1 saturated heterocycles. The van der Waals surface area contributed by atoms with Gasteiger partial charge in [0.1, 0.15) is 5.82 Å². The van der Waals surface area contributed by atoms with Gasteiger partial charge in [-0.1, -0.05) is 36.7 Å². The quantitative estimate of drug-likeness (QED) is 0.852. The van der Waals surface area contributed by atoms with Crippen molar-refractivity contribution in [1.29, 1.82) is 0 Å². The van der Waals surface area contributed by atoms with Crippen molar-refractivity contribution in [3.63, 3.8) is 0 Å². The fourth-order valence-electron chi connectivity index (χ4n) is 2.88. The predicted octanol–water partition coefficient (Wildman–Crippen LogP) is 4.00. The van der Waals surface area contributed by atoms with E-state index in [1.54, 1.807) is 6.07 Å². The number of rotatable bonds is 2. The summed E-state index contributed by atoms with van der Waals surface area (Å²) in [7, 11) is 0. The summed E-state index contributed by atoms with van der Waals surface area (Å²) >= 11 is 3.58. The van der Waals surface area contributed by atoms with Crippen LogP contribution in [0.15, 0.2) is 22.7 Å². The third-order valence-electron chi connectivity index (χ3n) is 3.59. The molecule has 0 radical (unpaired) electrons. The zero-order valence-electron chi connectivity index (χ0n) is 12.2. The molecule has 1 N–H and O–H groups in total. The molecule has 0 spiro atoms. The summed E-state index contributed by atoms with van der Waals surface area (Å²) in [5, 5.41) is 3.37. The Balaban J connectivity index is 0.00000200. The number of nitrogens with zero attached hydrogens (tertiary/aromatic N) is 1. The van der Waals surface area contributed by atoms with E-state index in [-0.39, 0.29) is 29.7 Å². The fraction of sp³-hybridized carbons (Fsp3) is 0.600. The topological polar surface area (TPSA) is 15.3 Å². The average Bonchev–Trinajstić information content (AvgIpc) is 2.33. The minimum absolute atomic E-state index is 0. The van der Waals surface area contributed by atoms with Crippen LogP contribution in [0.1, 0.15) is 32.4 Å². The van der Waals surface area contributed by atoms with E-state index in [9.17, 15) is 4.39 Å². The first-order chi connectivity index (χ1) is 8.89. The number of piperazine rings is 1. The summed E-state index contributed by atoms with van der Waals surface area (Å²) in [6.07, 6.45) is 0. The lowest BCUT2D eigenvalue weighted by molar-refractivity contribution is 0.0855. The van der Waals surface area contributed by atoms with Gasteiger partial charge in [0.25, 0.3) is 0 Å². The van der Waals surface area contributed by atoms with Gasteiger partial charge >= 0.3 is 0 Å². The Morgan fingerprint density at radius 3 is 2.40 bits per heavy atom. The number of benzene rings is 1. The normalized spacial score (nSPS) is 18.4. The molecule has 0 unspecified atom stereocenters. The molecule has 1 aliphatic heterocycles. The third kappa shape index (κ3) is 4.17. The zero-order chi connectivity index (χ0) is 14.0. The van der Waals surface area contributed by atoms with Crippen LogP contribution in [0.3, 0.4) is 0 Å². The van der Waals surface area contributed by atoms with Gasteiger partial charge in [0.2, 0.25) is 0 Å². The van der Waals surface area contributed by atoms with Crippen LogP contribution >= 0.6 is 28.3 Å². The van der Waals surface area contributed by atoms with Crippen molar-refractivity contribution in [2.24, 2.45) is 5.41 Å². The SMILES string of the molecule is CC(C)(C)[C@H](c1cc(F)ccc1Br)N1CCNCC1.Cl. The van der Waals surface area contributed by atoms with Gasteiger partial charge in [0.05, 0.1) is 0 Å². The molecule has 0 saturated carbocycles. The van der Waals surface area contributed by atoms with Crippen molar-refractivity contribution in [2.75, 3.05) is 26.2 Å². The smallest absolute Gasteiger partial charge is 0.123 e. The van der Waals surface area contributed by atoms with E-state index in [1.165, 1.54) is 6.07 Å². The summed E-state index contributed by atoms with van der Waals surface area (Å²) in [6.45, 7) is 10.7. The number of hydrogen-bond donors (Lipinski definition) is 1. The highest BCUT2D eigenvalue weighted by molar-refractivity contribution is 9.10. The second-order valence-corrected chi connectivity index (χ2v) is 7.07. The van der Waals surface area contributed by atoms with E-state index >= 15 is 0 Å². The Labute approximate surface area is 135 Å². The van der Waals surface area contributed by atoms with Gasteiger partial charge in [0, 0.05) is 36.7 Å². The second kappa shape index (κ2) is 7.21. The van der Waals surface area contributed by atoms with Crippen LogP contribution in [-0.2, 0) is 0 Å². The van der Waals surface area contributed by atoms with Crippen molar-refractivity contribution < 1.29 is 4.39 Å². The van der Waals surface area contributed by atoms with E-state index in [1.807, 2.05) is 6.07 Å². The monoisotopic (exact) mass is 364 g/mol. The fourth-order valence-corrected chi connectivity index (χ4v) is 3.34. The van der Waals surface area contributed by atoms with Gasteiger partial charge in [-0.05, 0) is 29.2 Å². The minimum Gasteiger partial charge on any atom is -0.314 e. The highest BCUT2D eigenvalue weighted by atomic mass is 79.9. The first-order valence-electron chi connectivity index (χ1n) is 6.79. The average molecular weight is 366 g/mol. The Kier molecular flexibility index (Phi) is 6.45. The summed E-state index contributed by atoms with van der Waals surface area (Å²) in [4.78, 5) is 2.45. The lowest BCUT2D eigenvalue weighted by atomic mass is 9.81. The Bertz CT molecular complexity index is 442. The third-order valence-corrected chi connectivity index (χ3v) is 4.31. The molecule has 0 bridgehead atoms. The number of halogens is 3. The van der Waals surface area contributed by atoms with Gasteiger partial charge in [-0.3, -0.25) is 4.90 Å². The van der Waals surface area contributed by atoms with Crippen molar-refractivity contribution in [3.05, 3.63) is 34.1 Å². The maximum atomic E-state index is 13.6. The van der Waals surface area contributed by atoms with Crippen LogP contribution in [0.5, 0.6) is 0 Å². The molecule has 20 heavy (non-hydrogen) atoms. The molecule has 1 fully saturated rings. The molecule has 1 heterocycles. The minimum atomic E-state index is -0.164. The zero-order valence-corrected chi connectivity index (χ0v) is 14.7. The molecule has 2 rings (SSSR count). The van der Waals surface area contributed by atoms with Crippen LogP contribution in [0.4, 0.5) is 4.39 Å². The standard InChI is InChI=1S/C15H22BrFN2.ClH/c1-15(2,3)14(19-8-6-18-7-9-19)12-10-11(17)4-5-13(12)16;/h4-5,10,14,18H,6-9H2,1-3H3;1H/t14-;/m0./s1. The van der Waals surface area contributed by atoms with Gasteiger partial charge in [-0.15, -0.1) is 12.4 Å². The molecule has 1 aliphatic rings. The summed E-state index contributed by atoms with van der Waals surface area (Å²) < 4.78 is 14.6. The van der Waals surface area contributed by atoms with Crippen LogP contribution < -0.4 is 5.32 Å². The van der Waals surface area contributed by atoms with Crippen LogP contribution in [0.25, 0.3) is 0 Å². The molecule has 0 aromatic heterocycles. The maximum absolute atomic E-state index is 13.6. The molecule has 1 aromatic rings. The molecule has 2 nitrogen and oxygen atoms in total. The van der Waals surface area contributed by atoms with Crippen molar-refractivity contribution in [2.45, 2.75) is 26.8 Å². The maximum Gasteiger partial charge on any atom is 0.123 e. The summed E-state index contributed by atoms with van der Waals surface area (Å²) in [6, 6.07) is 5.21. The predicted molar refractivity (Wildman–Crippen MR) is 88.0 cm³/mol. The van der Waals surface area contributed by atoms with E-state index in [0.717, 1.165) is 36.2 Å². The van der Waals surface area contributed by atoms with E-state index < -0.39 is 0 Å². The molecule has 114 valence electrons. The van der Waals surface area contributed by atoms with Crippen LogP contribution in [0, 0.1) is 11.2 Å². The summed E-state index contributed by atoms with van der Waals surface area (Å²) in [5.74, 6) is -0.164. The molecule has 1 aromatic carbocycles. The molecule has 0 amide bonds. The van der Waals surface area contributed by atoms with Crippen molar-refractivity contribution >= 4 is 28.3 Å².